The molecular formula is C25H23N3O2. The number of hydrogen-bond donors (Lipinski definition) is 1. The maximum atomic E-state index is 5.82. The lowest BCUT2D eigenvalue weighted by Crippen LogP contribution is -2.15. The van der Waals surface area contributed by atoms with Gasteiger partial charge in [0.25, 0.3) is 0 Å². The summed E-state index contributed by atoms with van der Waals surface area (Å²) < 4.78 is 13.6. The summed E-state index contributed by atoms with van der Waals surface area (Å²) >= 11 is 0. The van der Waals surface area contributed by atoms with E-state index in [4.69, 9.17) is 14.6 Å². The van der Waals surface area contributed by atoms with Gasteiger partial charge in [-0.25, -0.2) is 4.68 Å². The zero-order valence-corrected chi connectivity index (χ0v) is 16.7. The van der Waals surface area contributed by atoms with Gasteiger partial charge in [-0.2, -0.15) is 5.10 Å². The third-order valence-corrected chi connectivity index (χ3v) is 5.94. The van der Waals surface area contributed by atoms with E-state index in [1.807, 2.05) is 16.8 Å². The van der Waals surface area contributed by atoms with Crippen LogP contribution in [0.5, 0.6) is 11.5 Å². The van der Waals surface area contributed by atoms with Crippen LogP contribution in [0.15, 0.2) is 60.7 Å². The Kier molecular flexibility index (Phi) is 4.11. The Labute approximate surface area is 175 Å². The highest BCUT2D eigenvalue weighted by atomic mass is 16.6. The van der Waals surface area contributed by atoms with E-state index in [-0.39, 0.29) is 0 Å². The van der Waals surface area contributed by atoms with Crippen molar-refractivity contribution in [3.63, 3.8) is 0 Å². The minimum absolute atomic E-state index is 0.577. The fraction of sp³-hybridized carbons (Fsp3) is 0.240. The Hall–Kier alpha value is -3.47. The standard InChI is InChI=1S/C25H23N3O2/c1-2-8-19-17(6-1)7-5-10-20(19)24-21-9-3-4-13-26-25(21)28(27-24)18-11-12-22-23(16-18)30-15-14-29-22/h1-2,5-8,10-12,16,26H,3-4,9,13-15H2. The van der Waals surface area contributed by atoms with Crippen molar-refractivity contribution in [2.75, 3.05) is 25.1 Å². The zero-order chi connectivity index (χ0) is 19.9. The van der Waals surface area contributed by atoms with E-state index in [1.54, 1.807) is 0 Å². The zero-order valence-electron chi connectivity index (χ0n) is 16.7. The number of rotatable bonds is 2. The summed E-state index contributed by atoms with van der Waals surface area (Å²) in [7, 11) is 0. The molecule has 0 unspecified atom stereocenters. The van der Waals surface area contributed by atoms with Gasteiger partial charge in [0, 0.05) is 23.7 Å². The summed E-state index contributed by atoms with van der Waals surface area (Å²) in [5.74, 6) is 2.67. The largest absolute Gasteiger partial charge is 0.486 e. The third kappa shape index (κ3) is 2.81. The Bertz CT molecular complexity index is 1240. The van der Waals surface area contributed by atoms with Gasteiger partial charge in [-0.05, 0) is 42.2 Å². The number of hydrogen-bond acceptors (Lipinski definition) is 4. The molecule has 0 bridgehead atoms. The summed E-state index contributed by atoms with van der Waals surface area (Å²) in [5, 5.41) is 11.2. The highest BCUT2D eigenvalue weighted by Crippen LogP contribution is 2.39. The van der Waals surface area contributed by atoms with Gasteiger partial charge in [0.05, 0.1) is 11.4 Å². The molecule has 0 radical (unpaired) electrons. The Balaban J connectivity index is 1.56. The first-order chi connectivity index (χ1) is 14.9. The van der Waals surface area contributed by atoms with Crippen molar-refractivity contribution < 1.29 is 9.47 Å². The number of nitrogens with zero attached hydrogens (tertiary/aromatic N) is 2. The smallest absolute Gasteiger partial charge is 0.163 e. The van der Waals surface area contributed by atoms with Crippen molar-refractivity contribution in [3.8, 4) is 28.4 Å². The van der Waals surface area contributed by atoms with Crippen LogP contribution < -0.4 is 14.8 Å². The van der Waals surface area contributed by atoms with Gasteiger partial charge in [-0.15, -0.1) is 0 Å². The highest BCUT2D eigenvalue weighted by Gasteiger charge is 2.23. The molecule has 6 rings (SSSR count). The van der Waals surface area contributed by atoms with Gasteiger partial charge in [0.1, 0.15) is 19.0 Å². The summed E-state index contributed by atoms with van der Waals surface area (Å²) in [4.78, 5) is 0. The quantitative estimate of drug-likeness (QED) is 0.504. The monoisotopic (exact) mass is 397 g/mol. The molecule has 2 aliphatic heterocycles. The molecule has 0 saturated heterocycles. The molecule has 1 N–H and O–H groups in total. The SMILES string of the molecule is c1ccc2c(-c3nn(-c4ccc5c(c4)OCCO5)c4c3CCCCN4)cccc2c1. The molecule has 0 fully saturated rings. The second-order valence-electron chi connectivity index (χ2n) is 7.83. The van der Waals surface area contributed by atoms with Crippen LogP contribution in [0.4, 0.5) is 5.82 Å². The van der Waals surface area contributed by atoms with Crippen LogP contribution in [0.25, 0.3) is 27.7 Å². The lowest BCUT2D eigenvalue weighted by molar-refractivity contribution is 0.171. The van der Waals surface area contributed by atoms with Crippen LogP contribution in [-0.2, 0) is 6.42 Å². The average Bonchev–Trinajstić information content (AvgIpc) is 2.98. The lowest BCUT2D eigenvalue weighted by Gasteiger charge is -2.19. The normalized spacial score (nSPS) is 15.3. The van der Waals surface area contributed by atoms with E-state index in [9.17, 15) is 0 Å². The number of aromatic nitrogens is 2. The molecule has 0 aliphatic carbocycles. The molecule has 150 valence electrons. The number of fused-ring (bicyclic) bond motifs is 3. The van der Waals surface area contributed by atoms with Crippen molar-refractivity contribution >= 4 is 16.6 Å². The molecule has 3 aromatic carbocycles. The van der Waals surface area contributed by atoms with E-state index in [1.165, 1.54) is 21.9 Å². The molecule has 3 heterocycles. The van der Waals surface area contributed by atoms with E-state index >= 15 is 0 Å². The third-order valence-electron chi connectivity index (χ3n) is 5.94. The minimum atomic E-state index is 0.577. The molecule has 1 aromatic heterocycles. The van der Waals surface area contributed by atoms with Crippen LogP contribution in [0.2, 0.25) is 0 Å². The fourth-order valence-corrected chi connectivity index (χ4v) is 4.50. The van der Waals surface area contributed by atoms with Crippen LogP contribution in [0, 0.1) is 0 Å². The number of ether oxygens (including phenoxy) is 2. The maximum absolute atomic E-state index is 5.82. The van der Waals surface area contributed by atoms with Crippen molar-refractivity contribution in [1.29, 1.82) is 0 Å². The Morgan fingerprint density at radius 3 is 2.70 bits per heavy atom. The van der Waals surface area contributed by atoms with Gasteiger partial charge < -0.3 is 14.8 Å². The predicted octanol–water partition coefficient (Wildman–Crippen LogP) is 5.21. The molecular weight excluding hydrogens is 374 g/mol. The molecule has 0 spiro atoms. The van der Waals surface area contributed by atoms with Crippen molar-refractivity contribution in [3.05, 3.63) is 66.2 Å². The van der Waals surface area contributed by atoms with Crippen LogP contribution in [-0.4, -0.2) is 29.5 Å². The molecule has 30 heavy (non-hydrogen) atoms. The number of anilines is 1. The lowest BCUT2D eigenvalue weighted by atomic mass is 9.98. The second-order valence-corrected chi connectivity index (χ2v) is 7.83. The molecule has 5 nitrogen and oxygen atoms in total. The van der Waals surface area contributed by atoms with Crippen molar-refractivity contribution in [2.24, 2.45) is 0 Å². The van der Waals surface area contributed by atoms with Gasteiger partial charge in [0.2, 0.25) is 0 Å². The topological polar surface area (TPSA) is 48.3 Å². The van der Waals surface area contributed by atoms with Gasteiger partial charge in [0.15, 0.2) is 11.5 Å². The van der Waals surface area contributed by atoms with E-state index in [0.717, 1.165) is 54.5 Å². The summed E-state index contributed by atoms with van der Waals surface area (Å²) in [6.45, 7) is 2.13. The maximum Gasteiger partial charge on any atom is 0.163 e. The molecule has 0 atom stereocenters. The van der Waals surface area contributed by atoms with Gasteiger partial charge >= 0.3 is 0 Å². The van der Waals surface area contributed by atoms with Crippen LogP contribution in [0.3, 0.4) is 0 Å². The predicted molar refractivity (Wildman–Crippen MR) is 119 cm³/mol. The fourth-order valence-electron chi connectivity index (χ4n) is 4.50. The Morgan fingerprint density at radius 1 is 0.867 bits per heavy atom. The van der Waals surface area contributed by atoms with Crippen LogP contribution in [0.1, 0.15) is 18.4 Å². The molecule has 2 aliphatic rings. The number of nitrogens with one attached hydrogen (secondary N) is 1. The highest BCUT2D eigenvalue weighted by molar-refractivity contribution is 5.97. The van der Waals surface area contributed by atoms with E-state index < -0.39 is 0 Å². The summed E-state index contributed by atoms with van der Waals surface area (Å²) in [6, 6.07) is 21.1. The first-order valence-corrected chi connectivity index (χ1v) is 10.6. The van der Waals surface area contributed by atoms with Crippen molar-refractivity contribution in [1.82, 2.24) is 9.78 Å². The molecule has 4 aromatic rings. The van der Waals surface area contributed by atoms with Gasteiger partial charge in [-0.1, -0.05) is 42.5 Å². The van der Waals surface area contributed by atoms with E-state index in [0.29, 0.717) is 13.2 Å². The number of benzene rings is 3. The minimum Gasteiger partial charge on any atom is -0.486 e. The van der Waals surface area contributed by atoms with Gasteiger partial charge in [-0.3, -0.25) is 0 Å². The van der Waals surface area contributed by atoms with E-state index in [2.05, 4.69) is 53.8 Å². The first-order valence-electron chi connectivity index (χ1n) is 10.6. The first kappa shape index (κ1) is 17.4. The van der Waals surface area contributed by atoms with Crippen molar-refractivity contribution in [2.45, 2.75) is 19.3 Å². The average molecular weight is 397 g/mol. The molecule has 0 saturated carbocycles. The second kappa shape index (κ2) is 7.10. The molecule has 0 amide bonds. The molecule has 5 heteroatoms. The van der Waals surface area contributed by atoms with Crippen LogP contribution >= 0.6 is 0 Å². The Morgan fingerprint density at radius 2 is 1.73 bits per heavy atom. The summed E-state index contributed by atoms with van der Waals surface area (Å²) in [5.41, 5.74) is 4.52. The summed E-state index contributed by atoms with van der Waals surface area (Å²) in [6.07, 6.45) is 3.33.